The van der Waals surface area contributed by atoms with Crippen LogP contribution < -0.4 is 5.73 Å². The molecule has 2 aromatic rings. The van der Waals surface area contributed by atoms with Crippen molar-refractivity contribution in [2.75, 3.05) is 19.6 Å². The molecule has 0 radical (unpaired) electrons. The zero-order valence-corrected chi connectivity index (χ0v) is 13.4. The Morgan fingerprint density at radius 2 is 2.00 bits per heavy atom. The summed E-state index contributed by atoms with van der Waals surface area (Å²) >= 11 is 4.92. The summed E-state index contributed by atoms with van der Waals surface area (Å²) in [4.78, 5) is 6.97. The topological polar surface area (TPSA) is 71.1 Å². The molecular formula is C16H22N4OS. The van der Waals surface area contributed by atoms with E-state index < -0.39 is 0 Å². The predicted molar refractivity (Wildman–Crippen MR) is 87.8 cm³/mol. The van der Waals surface area contributed by atoms with Crippen LogP contribution in [0.3, 0.4) is 0 Å². The number of nitrogens with two attached hydrogens (primary N) is 1. The minimum Gasteiger partial charge on any atom is -0.348 e. The number of aromatic nitrogens is 2. The van der Waals surface area contributed by atoms with Gasteiger partial charge in [-0.2, -0.15) is 4.98 Å². The fourth-order valence-corrected chi connectivity index (χ4v) is 3.32. The number of H-pyrrole nitrogens is 1. The fraction of sp³-hybridized carbons (Fsp3) is 0.500. The van der Waals surface area contributed by atoms with Crippen molar-refractivity contribution < 1.29 is 4.52 Å². The highest BCUT2D eigenvalue weighted by Gasteiger charge is 2.34. The van der Waals surface area contributed by atoms with Gasteiger partial charge in [-0.15, -0.1) is 0 Å². The number of aromatic amines is 1. The third kappa shape index (κ3) is 3.63. The van der Waals surface area contributed by atoms with Crippen LogP contribution in [0.1, 0.15) is 24.2 Å². The molecule has 1 aliphatic rings. The number of nitrogens with one attached hydrogen (secondary N) is 1. The Bertz CT molecular complexity index is 643. The molecule has 22 heavy (non-hydrogen) atoms. The van der Waals surface area contributed by atoms with E-state index in [-0.39, 0.29) is 10.3 Å². The molecule has 0 atom stereocenters. The highest BCUT2D eigenvalue weighted by Crippen LogP contribution is 2.33. The summed E-state index contributed by atoms with van der Waals surface area (Å²) in [6.45, 7) is 3.79. The summed E-state index contributed by atoms with van der Waals surface area (Å²) in [6.07, 6.45) is 2.95. The van der Waals surface area contributed by atoms with Gasteiger partial charge >= 0.3 is 4.84 Å². The van der Waals surface area contributed by atoms with Gasteiger partial charge in [-0.25, -0.2) is 5.16 Å². The van der Waals surface area contributed by atoms with E-state index in [0.29, 0.717) is 6.54 Å². The van der Waals surface area contributed by atoms with Crippen LogP contribution in [0.5, 0.6) is 0 Å². The van der Waals surface area contributed by atoms with Crippen molar-refractivity contribution in [3.63, 3.8) is 0 Å². The highest BCUT2D eigenvalue weighted by molar-refractivity contribution is 7.71. The van der Waals surface area contributed by atoms with Crippen LogP contribution >= 0.6 is 12.2 Å². The number of rotatable bonds is 5. The maximum atomic E-state index is 6.07. The maximum absolute atomic E-state index is 6.07. The summed E-state index contributed by atoms with van der Waals surface area (Å²) in [5, 5.41) is 2.80. The lowest BCUT2D eigenvalue weighted by Gasteiger charge is -2.40. The van der Waals surface area contributed by atoms with Gasteiger partial charge in [0.1, 0.15) is 5.82 Å². The average Bonchev–Trinajstić information content (AvgIpc) is 2.95. The first-order chi connectivity index (χ1) is 10.7. The van der Waals surface area contributed by atoms with E-state index >= 15 is 0 Å². The van der Waals surface area contributed by atoms with Gasteiger partial charge in [0.25, 0.3) is 0 Å². The molecule has 0 unspecified atom stereocenters. The van der Waals surface area contributed by atoms with Crippen LogP contribution in [0.25, 0.3) is 0 Å². The Balaban J connectivity index is 1.60. The molecule has 3 rings (SSSR count). The van der Waals surface area contributed by atoms with E-state index in [4.69, 9.17) is 22.5 Å². The van der Waals surface area contributed by atoms with Crippen molar-refractivity contribution in [1.29, 1.82) is 0 Å². The lowest BCUT2D eigenvalue weighted by Crippen LogP contribution is -2.45. The van der Waals surface area contributed by atoms with E-state index in [2.05, 4.69) is 45.4 Å². The van der Waals surface area contributed by atoms with Crippen LogP contribution in [0, 0.1) is 10.3 Å². The lowest BCUT2D eigenvalue weighted by molar-refractivity contribution is 0.102. The predicted octanol–water partition coefficient (Wildman–Crippen LogP) is 2.52. The summed E-state index contributed by atoms with van der Waals surface area (Å²) in [5.74, 6) is 0.812. The molecule has 5 nitrogen and oxygen atoms in total. The molecule has 6 heteroatoms. The molecule has 118 valence electrons. The number of benzene rings is 1. The van der Waals surface area contributed by atoms with E-state index in [1.165, 1.54) is 5.56 Å². The minimum atomic E-state index is 0.0995. The van der Waals surface area contributed by atoms with Crippen molar-refractivity contribution in [2.45, 2.75) is 25.8 Å². The smallest absolute Gasteiger partial charge is 0.314 e. The van der Waals surface area contributed by atoms with Crippen molar-refractivity contribution in [3.05, 3.63) is 46.6 Å². The summed E-state index contributed by atoms with van der Waals surface area (Å²) in [5.41, 5.74) is 7.54. The zero-order chi connectivity index (χ0) is 15.4. The molecular weight excluding hydrogens is 296 g/mol. The second-order valence-electron chi connectivity index (χ2n) is 6.17. The molecule has 3 N–H and O–H groups in total. The van der Waals surface area contributed by atoms with Crippen LogP contribution in [0.2, 0.25) is 0 Å². The van der Waals surface area contributed by atoms with E-state index in [0.717, 1.165) is 44.7 Å². The number of likely N-dealkylation sites (tertiary alicyclic amines) is 1. The van der Waals surface area contributed by atoms with E-state index in [1.807, 2.05) is 0 Å². The molecule has 2 heterocycles. The molecule has 0 aliphatic carbocycles. The molecule has 1 fully saturated rings. The average molecular weight is 318 g/mol. The molecule has 1 saturated heterocycles. The lowest BCUT2D eigenvalue weighted by atomic mass is 9.75. The first-order valence-corrected chi connectivity index (χ1v) is 8.11. The van der Waals surface area contributed by atoms with E-state index in [1.54, 1.807) is 0 Å². The molecule has 0 amide bonds. The number of nitrogens with zero attached hydrogens (tertiary/aromatic N) is 2. The van der Waals surface area contributed by atoms with Crippen molar-refractivity contribution in [2.24, 2.45) is 11.1 Å². The fourth-order valence-electron chi connectivity index (χ4n) is 3.17. The standard InChI is InChI=1S/C16H22N4OS/c17-12-16(10-14-18-15(22)21-19-14)6-8-20(9-7-16)11-13-4-2-1-3-5-13/h1-5H,6-12,17H2,(H,18,19,22). The Morgan fingerprint density at radius 3 is 2.59 bits per heavy atom. The van der Waals surface area contributed by atoms with Gasteiger partial charge in [0.05, 0.1) is 0 Å². The SMILES string of the molecule is NCC1(Cc2nc(=S)o[nH]2)CCN(Cc2ccccc2)CC1. The largest absolute Gasteiger partial charge is 0.348 e. The monoisotopic (exact) mass is 318 g/mol. The van der Waals surface area contributed by atoms with Crippen molar-refractivity contribution >= 4 is 12.2 Å². The molecule has 1 aliphatic heterocycles. The second-order valence-corrected chi connectivity index (χ2v) is 6.52. The van der Waals surface area contributed by atoms with Gasteiger partial charge in [-0.05, 0) is 55.7 Å². The summed E-state index contributed by atoms with van der Waals surface area (Å²) < 4.78 is 5.02. The Hall–Kier alpha value is -1.50. The molecule has 1 aromatic carbocycles. The number of hydrogen-bond donors (Lipinski definition) is 2. The molecule has 1 aromatic heterocycles. The maximum Gasteiger partial charge on any atom is 0.314 e. The van der Waals surface area contributed by atoms with E-state index in [9.17, 15) is 0 Å². The van der Waals surface area contributed by atoms with Crippen molar-refractivity contribution in [1.82, 2.24) is 15.0 Å². The van der Waals surface area contributed by atoms with Gasteiger partial charge in [0, 0.05) is 13.0 Å². The van der Waals surface area contributed by atoms with Crippen LogP contribution in [-0.4, -0.2) is 34.7 Å². The number of piperidine rings is 1. The quantitative estimate of drug-likeness (QED) is 0.829. The third-order valence-electron chi connectivity index (χ3n) is 4.62. The molecule has 0 bridgehead atoms. The summed E-state index contributed by atoms with van der Waals surface area (Å²) in [6, 6.07) is 10.6. The van der Waals surface area contributed by atoms with Gasteiger partial charge < -0.3 is 10.3 Å². The zero-order valence-electron chi connectivity index (χ0n) is 12.6. The third-order valence-corrected chi connectivity index (χ3v) is 4.80. The second kappa shape index (κ2) is 6.73. The first-order valence-electron chi connectivity index (χ1n) is 7.70. The first kappa shape index (κ1) is 15.4. The Morgan fingerprint density at radius 1 is 1.27 bits per heavy atom. The molecule has 0 saturated carbocycles. The van der Waals surface area contributed by atoms with Gasteiger partial charge in [-0.1, -0.05) is 30.3 Å². The van der Waals surface area contributed by atoms with Gasteiger partial charge in [0.2, 0.25) is 0 Å². The van der Waals surface area contributed by atoms with Crippen LogP contribution in [0.15, 0.2) is 34.9 Å². The van der Waals surface area contributed by atoms with Crippen molar-refractivity contribution in [3.8, 4) is 0 Å². The minimum absolute atomic E-state index is 0.0995. The molecule has 0 spiro atoms. The van der Waals surface area contributed by atoms with Crippen LogP contribution in [-0.2, 0) is 13.0 Å². The highest BCUT2D eigenvalue weighted by atomic mass is 32.1. The normalized spacial score (nSPS) is 18.4. The number of hydrogen-bond acceptors (Lipinski definition) is 5. The van der Waals surface area contributed by atoms with Gasteiger partial charge in [-0.3, -0.25) is 4.90 Å². The van der Waals surface area contributed by atoms with Crippen LogP contribution in [0.4, 0.5) is 0 Å². The Kier molecular flexibility index (Phi) is 4.71. The van der Waals surface area contributed by atoms with Gasteiger partial charge in [0.15, 0.2) is 0 Å². The Labute approximate surface area is 135 Å². The summed E-state index contributed by atoms with van der Waals surface area (Å²) in [7, 11) is 0.